The van der Waals surface area contributed by atoms with E-state index in [0.29, 0.717) is 6.42 Å². The second-order valence-corrected chi connectivity index (χ2v) is 3.43. The standard InChI is InChI=1S/C9H7Cl2FO/c10-7-3-1-6(5-8(7)12)2-4-9(11)13/h1,3,5H,2,4H2. The maximum atomic E-state index is 12.9. The monoisotopic (exact) mass is 220 g/mol. The van der Waals surface area contributed by atoms with Crippen LogP contribution < -0.4 is 0 Å². The lowest BCUT2D eigenvalue weighted by molar-refractivity contribution is -0.111. The maximum Gasteiger partial charge on any atom is 0.221 e. The van der Waals surface area contributed by atoms with E-state index in [1.807, 2.05) is 0 Å². The number of carbonyl (C=O) groups excluding carboxylic acids is 1. The van der Waals surface area contributed by atoms with Crippen LogP contribution in [0.15, 0.2) is 18.2 Å². The van der Waals surface area contributed by atoms with Gasteiger partial charge >= 0.3 is 0 Å². The summed E-state index contributed by atoms with van der Waals surface area (Å²) in [6.45, 7) is 0. The van der Waals surface area contributed by atoms with E-state index in [4.69, 9.17) is 23.2 Å². The Morgan fingerprint density at radius 3 is 2.69 bits per heavy atom. The summed E-state index contributed by atoms with van der Waals surface area (Å²) in [5, 5.41) is -0.337. The van der Waals surface area contributed by atoms with Crippen molar-refractivity contribution < 1.29 is 9.18 Å². The Morgan fingerprint density at radius 1 is 1.46 bits per heavy atom. The Kier molecular flexibility index (Phi) is 3.70. The van der Waals surface area contributed by atoms with Crippen molar-refractivity contribution in [2.45, 2.75) is 12.8 Å². The zero-order chi connectivity index (χ0) is 9.84. The van der Waals surface area contributed by atoms with E-state index in [1.165, 1.54) is 12.1 Å². The quantitative estimate of drug-likeness (QED) is 0.716. The number of benzene rings is 1. The highest BCUT2D eigenvalue weighted by molar-refractivity contribution is 6.63. The molecule has 0 radical (unpaired) electrons. The molecule has 0 heterocycles. The fraction of sp³-hybridized carbons (Fsp3) is 0.222. The van der Waals surface area contributed by atoms with Crippen molar-refractivity contribution in [3.63, 3.8) is 0 Å². The van der Waals surface area contributed by atoms with Gasteiger partial charge in [-0.3, -0.25) is 4.79 Å². The molecule has 1 rings (SSSR count). The molecule has 0 aromatic heterocycles. The Balaban J connectivity index is 2.68. The third-order valence-electron chi connectivity index (χ3n) is 1.59. The minimum absolute atomic E-state index is 0.0842. The lowest BCUT2D eigenvalue weighted by atomic mass is 10.1. The van der Waals surface area contributed by atoms with E-state index in [1.54, 1.807) is 6.07 Å². The van der Waals surface area contributed by atoms with Crippen LogP contribution in [-0.2, 0) is 11.2 Å². The zero-order valence-corrected chi connectivity index (χ0v) is 8.20. The van der Waals surface area contributed by atoms with Crippen molar-refractivity contribution in [2.24, 2.45) is 0 Å². The number of halogens is 3. The first-order valence-electron chi connectivity index (χ1n) is 3.72. The lowest BCUT2D eigenvalue weighted by Crippen LogP contribution is -1.92. The summed E-state index contributed by atoms with van der Waals surface area (Å²) in [5.74, 6) is -0.471. The summed E-state index contributed by atoms with van der Waals surface area (Å²) in [6.07, 6.45) is 0.652. The number of hydrogen-bond donors (Lipinski definition) is 0. The topological polar surface area (TPSA) is 17.1 Å². The van der Waals surface area contributed by atoms with Crippen LogP contribution in [0.25, 0.3) is 0 Å². The third-order valence-corrected chi connectivity index (χ3v) is 2.09. The summed E-state index contributed by atoms with van der Waals surface area (Å²) < 4.78 is 12.9. The summed E-state index contributed by atoms with van der Waals surface area (Å²) >= 11 is 10.6. The predicted octanol–water partition coefficient (Wildman–Crippen LogP) is 3.18. The second-order valence-electron chi connectivity index (χ2n) is 2.60. The van der Waals surface area contributed by atoms with Gasteiger partial charge in [0.1, 0.15) is 5.82 Å². The summed E-state index contributed by atoms with van der Waals surface area (Å²) in [5.41, 5.74) is 0.718. The molecule has 0 saturated carbocycles. The van der Waals surface area contributed by atoms with Gasteiger partial charge in [0, 0.05) is 6.42 Å². The zero-order valence-electron chi connectivity index (χ0n) is 6.69. The van der Waals surface area contributed by atoms with E-state index in [-0.39, 0.29) is 11.4 Å². The second kappa shape index (κ2) is 4.58. The van der Waals surface area contributed by atoms with Crippen LogP contribution in [0.2, 0.25) is 5.02 Å². The molecule has 0 saturated heterocycles. The van der Waals surface area contributed by atoms with Gasteiger partial charge in [-0.15, -0.1) is 0 Å². The molecule has 0 unspecified atom stereocenters. The van der Waals surface area contributed by atoms with Gasteiger partial charge < -0.3 is 0 Å². The average Bonchev–Trinajstić information content (AvgIpc) is 2.07. The summed E-state index contributed by atoms with van der Waals surface area (Å²) in [6, 6.07) is 4.44. The minimum Gasteiger partial charge on any atom is -0.281 e. The summed E-state index contributed by atoms with van der Waals surface area (Å²) in [4.78, 5) is 10.4. The van der Waals surface area contributed by atoms with Crippen LogP contribution >= 0.6 is 23.2 Å². The smallest absolute Gasteiger partial charge is 0.221 e. The van der Waals surface area contributed by atoms with Gasteiger partial charge in [-0.1, -0.05) is 17.7 Å². The first-order valence-corrected chi connectivity index (χ1v) is 4.47. The first-order chi connectivity index (χ1) is 6.09. The molecule has 0 fully saturated rings. The lowest BCUT2D eigenvalue weighted by Gasteiger charge is -1.99. The van der Waals surface area contributed by atoms with Gasteiger partial charge in [-0.05, 0) is 35.7 Å². The molecule has 0 N–H and O–H groups in total. The molecule has 0 amide bonds. The third kappa shape index (κ3) is 3.33. The van der Waals surface area contributed by atoms with Crippen molar-refractivity contribution in [1.29, 1.82) is 0 Å². The largest absolute Gasteiger partial charge is 0.281 e. The average molecular weight is 221 g/mol. The van der Waals surface area contributed by atoms with Gasteiger partial charge in [0.2, 0.25) is 5.24 Å². The van der Waals surface area contributed by atoms with Crippen LogP contribution in [-0.4, -0.2) is 5.24 Å². The highest BCUT2D eigenvalue weighted by Gasteiger charge is 2.02. The molecule has 0 atom stereocenters. The predicted molar refractivity (Wildman–Crippen MR) is 50.6 cm³/mol. The van der Waals surface area contributed by atoms with Crippen LogP contribution in [0.5, 0.6) is 0 Å². The number of hydrogen-bond acceptors (Lipinski definition) is 1. The van der Waals surface area contributed by atoms with Gasteiger partial charge in [-0.25, -0.2) is 4.39 Å². The maximum absolute atomic E-state index is 12.9. The molecule has 0 aliphatic heterocycles. The molecule has 0 spiro atoms. The summed E-state index contributed by atoms with van der Waals surface area (Å²) in [7, 11) is 0. The van der Waals surface area contributed by atoms with E-state index < -0.39 is 11.1 Å². The Bertz CT molecular complexity index is 325. The molecule has 1 aromatic rings. The van der Waals surface area contributed by atoms with E-state index in [2.05, 4.69) is 0 Å². The molecular weight excluding hydrogens is 214 g/mol. The van der Waals surface area contributed by atoms with Crippen LogP contribution in [0.1, 0.15) is 12.0 Å². The Morgan fingerprint density at radius 2 is 2.15 bits per heavy atom. The molecule has 0 aliphatic carbocycles. The van der Waals surface area contributed by atoms with Crippen LogP contribution in [0.4, 0.5) is 4.39 Å². The van der Waals surface area contributed by atoms with E-state index in [0.717, 1.165) is 5.56 Å². The Labute approximate surface area is 85.5 Å². The fourth-order valence-corrected chi connectivity index (χ4v) is 1.15. The first kappa shape index (κ1) is 10.5. The van der Waals surface area contributed by atoms with E-state index >= 15 is 0 Å². The molecule has 1 aromatic carbocycles. The van der Waals surface area contributed by atoms with Crippen LogP contribution in [0.3, 0.4) is 0 Å². The van der Waals surface area contributed by atoms with Crippen molar-refractivity contribution in [1.82, 2.24) is 0 Å². The number of aryl methyl sites for hydroxylation is 1. The molecule has 1 nitrogen and oxygen atoms in total. The number of rotatable bonds is 3. The molecule has 70 valence electrons. The molecule has 4 heteroatoms. The minimum atomic E-state index is -0.471. The van der Waals surface area contributed by atoms with Gasteiger partial charge in [0.15, 0.2) is 0 Å². The molecule has 0 aliphatic rings. The molecule has 13 heavy (non-hydrogen) atoms. The fourth-order valence-electron chi connectivity index (χ4n) is 0.938. The SMILES string of the molecule is O=C(Cl)CCc1ccc(Cl)c(F)c1. The highest BCUT2D eigenvalue weighted by atomic mass is 35.5. The van der Waals surface area contributed by atoms with Crippen molar-refractivity contribution >= 4 is 28.4 Å². The van der Waals surface area contributed by atoms with Gasteiger partial charge in [0.25, 0.3) is 0 Å². The number of carbonyl (C=O) groups is 1. The van der Waals surface area contributed by atoms with E-state index in [9.17, 15) is 9.18 Å². The van der Waals surface area contributed by atoms with Crippen molar-refractivity contribution in [3.8, 4) is 0 Å². The van der Waals surface area contributed by atoms with Crippen molar-refractivity contribution in [2.75, 3.05) is 0 Å². The van der Waals surface area contributed by atoms with Gasteiger partial charge in [-0.2, -0.15) is 0 Å². The highest BCUT2D eigenvalue weighted by Crippen LogP contribution is 2.16. The van der Waals surface area contributed by atoms with Gasteiger partial charge in [0.05, 0.1) is 5.02 Å². The Hall–Kier alpha value is -0.600. The van der Waals surface area contributed by atoms with Crippen LogP contribution in [0, 0.1) is 5.82 Å². The molecule has 0 bridgehead atoms. The normalized spacial score (nSPS) is 10.1. The molecular formula is C9H7Cl2FO. The van der Waals surface area contributed by atoms with Crippen molar-refractivity contribution in [3.05, 3.63) is 34.6 Å².